The van der Waals surface area contributed by atoms with Crippen molar-refractivity contribution in [3.8, 4) is 0 Å². The first-order valence-corrected chi connectivity index (χ1v) is 6.95. The molecule has 0 aromatic heterocycles. The van der Waals surface area contributed by atoms with Gasteiger partial charge in [-0.05, 0) is 31.9 Å². The summed E-state index contributed by atoms with van der Waals surface area (Å²) in [5.74, 6) is -0.475. The summed E-state index contributed by atoms with van der Waals surface area (Å²) in [5, 5.41) is 5.59. The molecule has 5 nitrogen and oxygen atoms in total. The Hall–Kier alpha value is -1.88. The first-order valence-electron chi connectivity index (χ1n) is 6.95. The second-order valence-electron chi connectivity index (χ2n) is 4.83. The molecule has 0 heterocycles. The minimum atomic E-state index is -0.569. The van der Waals surface area contributed by atoms with Crippen molar-refractivity contribution >= 4 is 17.5 Å². The van der Waals surface area contributed by atoms with Crippen molar-refractivity contribution in [2.45, 2.75) is 45.7 Å². The number of hydrogen-bond acceptors (Lipinski definition) is 3. The third kappa shape index (κ3) is 4.35. The molecule has 1 unspecified atom stereocenters. The number of nitrogens with one attached hydrogen (secondary N) is 2. The second kappa shape index (κ2) is 7.65. The largest absolute Gasteiger partial charge is 0.350 e. The van der Waals surface area contributed by atoms with E-state index < -0.39 is 6.04 Å². The molecule has 20 heavy (non-hydrogen) atoms. The van der Waals surface area contributed by atoms with Gasteiger partial charge in [0.1, 0.15) is 0 Å². The molecule has 1 aromatic rings. The SMILES string of the molecule is CCC(C)NC(=O)c1ccccc1NC(=O)[C@@H](N)CC. The summed E-state index contributed by atoms with van der Waals surface area (Å²) in [5.41, 5.74) is 6.62. The maximum Gasteiger partial charge on any atom is 0.253 e. The molecule has 0 saturated carbocycles. The Morgan fingerprint density at radius 3 is 2.45 bits per heavy atom. The van der Waals surface area contributed by atoms with Crippen LogP contribution in [0.4, 0.5) is 5.69 Å². The minimum Gasteiger partial charge on any atom is -0.350 e. The Labute approximate surface area is 119 Å². The first-order chi connectivity index (χ1) is 9.49. The number of para-hydroxylation sites is 1. The van der Waals surface area contributed by atoms with Crippen molar-refractivity contribution in [2.24, 2.45) is 5.73 Å². The fourth-order valence-corrected chi connectivity index (χ4v) is 1.60. The van der Waals surface area contributed by atoms with Crippen LogP contribution in [-0.4, -0.2) is 23.9 Å². The fraction of sp³-hybridized carbons (Fsp3) is 0.467. The van der Waals surface area contributed by atoms with Crippen molar-refractivity contribution in [1.29, 1.82) is 0 Å². The second-order valence-corrected chi connectivity index (χ2v) is 4.83. The molecule has 2 atom stereocenters. The molecule has 2 amide bonds. The van der Waals surface area contributed by atoms with E-state index in [1.54, 1.807) is 24.3 Å². The van der Waals surface area contributed by atoms with Crippen LogP contribution in [0.25, 0.3) is 0 Å². The van der Waals surface area contributed by atoms with Gasteiger partial charge in [-0.2, -0.15) is 0 Å². The van der Waals surface area contributed by atoms with E-state index in [0.717, 1.165) is 6.42 Å². The monoisotopic (exact) mass is 277 g/mol. The van der Waals surface area contributed by atoms with Gasteiger partial charge in [-0.3, -0.25) is 9.59 Å². The van der Waals surface area contributed by atoms with Crippen molar-refractivity contribution in [1.82, 2.24) is 5.32 Å². The van der Waals surface area contributed by atoms with Crippen molar-refractivity contribution < 1.29 is 9.59 Å². The van der Waals surface area contributed by atoms with Crippen molar-refractivity contribution in [3.63, 3.8) is 0 Å². The van der Waals surface area contributed by atoms with Crippen molar-refractivity contribution in [3.05, 3.63) is 29.8 Å². The van der Waals surface area contributed by atoms with E-state index >= 15 is 0 Å². The van der Waals surface area contributed by atoms with Gasteiger partial charge < -0.3 is 16.4 Å². The molecular formula is C15H23N3O2. The van der Waals surface area contributed by atoms with Gasteiger partial charge in [0.15, 0.2) is 0 Å². The van der Waals surface area contributed by atoms with Crippen LogP contribution in [0.15, 0.2) is 24.3 Å². The number of benzene rings is 1. The molecule has 0 bridgehead atoms. The third-order valence-electron chi connectivity index (χ3n) is 3.20. The Kier molecular flexibility index (Phi) is 6.18. The maximum atomic E-state index is 12.2. The van der Waals surface area contributed by atoms with Crippen LogP contribution in [0, 0.1) is 0 Å². The zero-order valence-electron chi connectivity index (χ0n) is 12.3. The van der Waals surface area contributed by atoms with Crippen LogP contribution in [0.2, 0.25) is 0 Å². The smallest absolute Gasteiger partial charge is 0.253 e. The number of amides is 2. The van der Waals surface area contributed by atoms with Crippen LogP contribution in [0.5, 0.6) is 0 Å². The first kappa shape index (κ1) is 16.2. The summed E-state index contributed by atoms with van der Waals surface area (Å²) >= 11 is 0. The topological polar surface area (TPSA) is 84.2 Å². The van der Waals surface area contributed by atoms with E-state index in [1.807, 2.05) is 20.8 Å². The van der Waals surface area contributed by atoms with Crippen LogP contribution in [0.3, 0.4) is 0 Å². The standard InChI is InChI=1S/C15H23N3O2/c1-4-10(3)17-14(19)11-8-6-7-9-13(11)18-15(20)12(16)5-2/h6-10,12H,4-5,16H2,1-3H3,(H,17,19)(H,18,20)/t10?,12-/m0/s1. The highest BCUT2D eigenvalue weighted by atomic mass is 16.2. The molecule has 5 heteroatoms. The molecule has 0 spiro atoms. The quantitative estimate of drug-likeness (QED) is 0.742. The Morgan fingerprint density at radius 2 is 1.85 bits per heavy atom. The van der Waals surface area contributed by atoms with E-state index in [-0.39, 0.29) is 17.9 Å². The van der Waals surface area contributed by atoms with Gasteiger partial charge in [0.25, 0.3) is 5.91 Å². The zero-order valence-corrected chi connectivity index (χ0v) is 12.3. The van der Waals surface area contributed by atoms with Gasteiger partial charge in [-0.15, -0.1) is 0 Å². The lowest BCUT2D eigenvalue weighted by atomic mass is 10.1. The normalized spacial score (nSPS) is 13.4. The summed E-state index contributed by atoms with van der Waals surface area (Å²) in [6.45, 7) is 5.77. The van der Waals surface area contributed by atoms with Gasteiger partial charge in [0, 0.05) is 6.04 Å². The van der Waals surface area contributed by atoms with Crippen LogP contribution < -0.4 is 16.4 Å². The van der Waals surface area contributed by atoms with Crippen LogP contribution in [-0.2, 0) is 4.79 Å². The van der Waals surface area contributed by atoms with Crippen LogP contribution >= 0.6 is 0 Å². The average molecular weight is 277 g/mol. The predicted octanol–water partition coefficient (Wildman–Crippen LogP) is 1.89. The van der Waals surface area contributed by atoms with E-state index in [9.17, 15) is 9.59 Å². The number of rotatable bonds is 6. The molecule has 0 radical (unpaired) electrons. The number of carbonyl (C=O) groups excluding carboxylic acids is 2. The van der Waals surface area contributed by atoms with E-state index in [1.165, 1.54) is 0 Å². The Morgan fingerprint density at radius 1 is 1.20 bits per heavy atom. The van der Waals surface area contributed by atoms with Gasteiger partial charge in [-0.1, -0.05) is 26.0 Å². The highest BCUT2D eigenvalue weighted by Crippen LogP contribution is 2.15. The molecule has 0 fully saturated rings. The van der Waals surface area contributed by atoms with E-state index in [2.05, 4.69) is 10.6 Å². The fourth-order valence-electron chi connectivity index (χ4n) is 1.60. The van der Waals surface area contributed by atoms with E-state index in [4.69, 9.17) is 5.73 Å². The molecular weight excluding hydrogens is 254 g/mol. The highest BCUT2D eigenvalue weighted by Gasteiger charge is 2.16. The predicted molar refractivity (Wildman–Crippen MR) is 80.6 cm³/mol. The number of nitrogens with two attached hydrogens (primary N) is 1. The third-order valence-corrected chi connectivity index (χ3v) is 3.20. The van der Waals surface area contributed by atoms with Gasteiger partial charge in [0.05, 0.1) is 17.3 Å². The Bertz CT molecular complexity index is 474. The summed E-state index contributed by atoms with van der Waals surface area (Å²) in [7, 11) is 0. The lowest BCUT2D eigenvalue weighted by Gasteiger charge is -2.16. The summed E-state index contributed by atoms with van der Waals surface area (Å²) < 4.78 is 0. The zero-order chi connectivity index (χ0) is 15.1. The molecule has 0 aliphatic carbocycles. The molecule has 4 N–H and O–H groups in total. The Balaban J connectivity index is 2.88. The summed E-state index contributed by atoms with van der Waals surface area (Å²) in [4.78, 5) is 24.0. The number of anilines is 1. The molecule has 0 aliphatic heterocycles. The lowest BCUT2D eigenvalue weighted by Crippen LogP contribution is -2.36. The van der Waals surface area contributed by atoms with Crippen LogP contribution in [0.1, 0.15) is 44.0 Å². The summed E-state index contributed by atoms with van der Waals surface area (Å²) in [6, 6.07) is 6.44. The molecule has 1 aromatic carbocycles. The molecule has 0 saturated heterocycles. The average Bonchev–Trinajstić information content (AvgIpc) is 2.46. The molecule has 0 aliphatic rings. The molecule has 1 rings (SSSR count). The maximum absolute atomic E-state index is 12.2. The number of carbonyl (C=O) groups is 2. The van der Waals surface area contributed by atoms with Crippen molar-refractivity contribution in [2.75, 3.05) is 5.32 Å². The number of hydrogen-bond donors (Lipinski definition) is 3. The summed E-state index contributed by atoms with van der Waals surface area (Å²) in [6.07, 6.45) is 1.40. The van der Waals surface area contributed by atoms with E-state index in [0.29, 0.717) is 17.7 Å². The molecule has 110 valence electrons. The van der Waals surface area contributed by atoms with Gasteiger partial charge >= 0.3 is 0 Å². The highest BCUT2D eigenvalue weighted by molar-refractivity contribution is 6.04. The minimum absolute atomic E-state index is 0.0872. The van der Waals surface area contributed by atoms with Gasteiger partial charge in [0.2, 0.25) is 5.91 Å². The lowest BCUT2D eigenvalue weighted by molar-refractivity contribution is -0.117. The van der Waals surface area contributed by atoms with Gasteiger partial charge in [-0.25, -0.2) is 0 Å².